The number of amides is 1. The fraction of sp³-hybridized carbons (Fsp3) is 0.625. The Morgan fingerprint density at radius 3 is 3.29 bits per heavy atom. The van der Waals surface area contributed by atoms with Gasteiger partial charge in [-0.3, -0.25) is 4.79 Å². The van der Waals surface area contributed by atoms with Gasteiger partial charge in [-0.15, -0.1) is 0 Å². The molecule has 0 saturated carbocycles. The number of aromatic amines is 1. The van der Waals surface area contributed by atoms with Crippen molar-refractivity contribution in [2.75, 3.05) is 19.6 Å². The predicted octanol–water partition coefficient (Wildman–Crippen LogP) is -0.856. The van der Waals surface area contributed by atoms with Crippen LogP contribution in [0.2, 0.25) is 0 Å². The third-order valence-electron chi connectivity index (χ3n) is 2.36. The molecule has 0 bridgehead atoms. The molecule has 1 amide bonds. The molecule has 1 aliphatic rings. The molecular weight excluding hydrogens is 182 g/mol. The van der Waals surface area contributed by atoms with Gasteiger partial charge < -0.3 is 10.6 Å². The topological polar surface area (TPSA) is 82.7 Å². The Morgan fingerprint density at radius 1 is 1.71 bits per heavy atom. The first-order chi connectivity index (χ1) is 6.86. The smallest absolute Gasteiger partial charge is 0.273 e. The van der Waals surface area contributed by atoms with Crippen LogP contribution in [0.25, 0.3) is 0 Å². The molecule has 0 radical (unpaired) electrons. The molecule has 2 rings (SSSR count). The van der Waals surface area contributed by atoms with E-state index in [4.69, 9.17) is 0 Å². The first-order valence-corrected chi connectivity index (χ1v) is 4.71. The Morgan fingerprint density at radius 2 is 2.64 bits per heavy atom. The maximum atomic E-state index is 11.4. The molecule has 0 spiro atoms. The average Bonchev–Trinajstić information content (AvgIpc) is 2.87. The van der Waals surface area contributed by atoms with Gasteiger partial charge in [0.05, 0.1) is 6.20 Å². The summed E-state index contributed by atoms with van der Waals surface area (Å²) in [6.07, 6.45) is 2.54. The molecule has 1 unspecified atom stereocenters. The third kappa shape index (κ3) is 2.08. The summed E-state index contributed by atoms with van der Waals surface area (Å²) in [5.41, 5.74) is 0.343. The van der Waals surface area contributed by atoms with Crippen molar-refractivity contribution in [2.24, 2.45) is 5.92 Å². The van der Waals surface area contributed by atoms with E-state index in [-0.39, 0.29) is 5.91 Å². The van der Waals surface area contributed by atoms with Crippen molar-refractivity contribution in [1.82, 2.24) is 26.0 Å². The van der Waals surface area contributed by atoms with Crippen LogP contribution in [0.15, 0.2) is 6.20 Å². The fourth-order valence-corrected chi connectivity index (χ4v) is 1.53. The Bertz CT molecular complexity index is 291. The SMILES string of the molecule is O=C(NCC1CCNC1)c1cn[nH]n1. The van der Waals surface area contributed by atoms with Crippen molar-refractivity contribution < 1.29 is 4.79 Å². The number of rotatable bonds is 3. The molecule has 1 aliphatic heterocycles. The minimum Gasteiger partial charge on any atom is -0.350 e. The lowest BCUT2D eigenvalue weighted by Crippen LogP contribution is -2.30. The summed E-state index contributed by atoms with van der Waals surface area (Å²) in [5, 5.41) is 15.7. The maximum Gasteiger partial charge on any atom is 0.273 e. The normalized spacial score (nSPS) is 21.0. The van der Waals surface area contributed by atoms with Gasteiger partial charge in [0.25, 0.3) is 5.91 Å². The molecule has 1 fully saturated rings. The number of carbonyl (C=O) groups is 1. The Labute approximate surface area is 81.5 Å². The summed E-state index contributed by atoms with van der Waals surface area (Å²) in [7, 11) is 0. The molecule has 14 heavy (non-hydrogen) atoms. The summed E-state index contributed by atoms with van der Waals surface area (Å²) >= 11 is 0. The first-order valence-electron chi connectivity index (χ1n) is 4.71. The monoisotopic (exact) mass is 195 g/mol. The molecule has 0 aromatic carbocycles. The number of hydrogen-bond donors (Lipinski definition) is 3. The summed E-state index contributed by atoms with van der Waals surface area (Å²) in [6, 6.07) is 0. The number of nitrogens with zero attached hydrogens (tertiary/aromatic N) is 2. The molecule has 6 heteroatoms. The van der Waals surface area contributed by atoms with Crippen LogP contribution >= 0.6 is 0 Å². The van der Waals surface area contributed by atoms with Crippen LogP contribution in [0.5, 0.6) is 0 Å². The lowest BCUT2D eigenvalue weighted by molar-refractivity contribution is 0.0943. The van der Waals surface area contributed by atoms with Gasteiger partial charge in [0.15, 0.2) is 5.69 Å². The number of hydrogen-bond acceptors (Lipinski definition) is 4. The van der Waals surface area contributed by atoms with Gasteiger partial charge >= 0.3 is 0 Å². The quantitative estimate of drug-likeness (QED) is 0.586. The van der Waals surface area contributed by atoms with E-state index in [9.17, 15) is 4.79 Å². The van der Waals surface area contributed by atoms with E-state index in [1.165, 1.54) is 6.20 Å². The van der Waals surface area contributed by atoms with Gasteiger partial charge in [0.1, 0.15) is 0 Å². The number of carbonyl (C=O) groups excluding carboxylic acids is 1. The van der Waals surface area contributed by atoms with E-state index >= 15 is 0 Å². The highest BCUT2D eigenvalue weighted by Gasteiger charge is 2.16. The van der Waals surface area contributed by atoms with Gasteiger partial charge in [-0.05, 0) is 25.4 Å². The summed E-state index contributed by atoms with van der Waals surface area (Å²) in [4.78, 5) is 11.4. The molecule has 0 aliphatic carbocycles. The fourth-order valence-electron chi connectivity index (χ4n) is 1.53. The molecule has 2 heterocycles. The van der Waals surface area contributed by atoms with Gasteiger partial charge in [-0.1, -0.05) is 0 Å². The Hall–Kier alpha value is -1.43. The summed E-state index contributed by atoms with van der Waals surface area (Å²) in [6.45, 7) is 2.74. The molecule has 76 valence electrons. The zero-order valence-electron chi connectivity index (χ0n) is 7.79. The highest BCUT2D eigenvalue weighted by molar-refractivity contribution is 5.91. The highest BCUT2D eigenvalue weighted by Crippen LogP contribution is 2.05. The maximum absolute atomic E-state index is 11.4. The van der Waals surface area contributed by atoms with E-state index in [1.54, 1.807) is 0 Å². The number of aromatic nitrogens is 3. The first kappa shape index (κ1) is 9.14. The molecule has 1 aromatic rings. The lowest BCUT2D eigenvalue weighted by Gasteiger charge is -2.08. The largest absolute Gasteiger partial charge is 0.350 e. The Balaban J connectivity index is 1.78. The van der Waals surface area contributed by atoms with Crippen LogP contribution in [0.3, 0.4) is 0 Å². The van der Waals surface area contributed by atoms with Crippen molar-refractivity contribution in [3.8, 4) is 0 Å². The lowest BCUT2D eigenvalue weighted by atomic mass is 10.1. The van der Waals surface area contributed by atoms with Crippen molar-refractivity contribution in [3.05, 3.63) is 11.9 Å². The van der Waals surface area contributed by atoms with Crippen LogP contribution in [0.1, 0.15) is 16.9 Å². The molecular formula is C8H13N5O. The van der Waals surface area contributed by atoms with Gasteiger partial charge in [-0.2, -0.15) is 15.4 Å². The van der Waals surface area contributed by atoms with Crippen molar-refractivity contribution >= 4 is 5.91 Å². The zero-order chi connectivity index (χ0) is 9.80. The molecule has 3 N–H and O–H groups in total. The van der Waals surface area contributed by atoms with Crippen LogP contribution in [0, 0.1) is 5.92 Å². The van der Waals surface area contributed by atoms with E-state index < -0.39 is 0 Å². The van der Waals surface area contributed by atoms with Crippen molar-refractivity contribution in [1.29, 1.82) is 0 Å². The Kier molecular flexibility index (Phi) is 2.73. The van der Waals surface area contributed by atoms with E-state index in [1.807, 2.05) is 0 Å². The van der Waals surface area contributed by atoms with E-state index in [2.05, 4.69) is 26.0 Å². The second-order valence-corrected chi connectivity index (χ2v) is 3.42. The van der Waals surface area contributed by atoms with Gasteiger partial charge in [0.2, 0.25) is 0 Å². The van der Waals surface area contributed by atoms with Gasteiger partial charge in [-0.25, -0.2) is 0 Å². The zero-order valence-corrected chi connectivity index (χ0v) is 7.79. The summed E-state index contributed by atoms with van der Waals surface area (Å²) < 4.78 is 0. The van der Waals surface area contributed by atoms with E-state index in [0.29, 0.717) is 18.2 Å². The third-order valence-corrected chi connectivity index (χ3v) is 2.36. The minimum atomic E-state index is -0.161. The minimum absolute atomic E-state index is 0.161. The number of nitrogens with one attached hydrogen (secondary N) is 3. The molecule has 1 saturated heterocycles. The van der Waals surface area contributed by atoms with Crippen LogP contribution < -0.4 is 10.6 Å². The standard InChI is InChI=1S/C8H13N5O/c14-8(7-5-11-13-12-7)10-4-6-1-2-9-3-6/h5-6,9H,1-4H2,(H,10,14)(H,11,12,13). The van der Waals surface area contributed by atoms with Gasteiger partial charge in [0, 0.05) is 6.54 Å². The molecule has 1 aromatic heterocycles. The van der Waals surface area contributed by atoms with Crippen molar-refractivity contribution in [3.63, 3.8) is 0 Å². The summed E-state index contributed by atoms with van der Waals surface area (Å²) in [5.74, 6) is 0.386. The second kappa shape index (κ2) is 4.19. The van der Waals surface area contributed by atoms with E-state index in [0.717, 1.165) is 19.5 Å². The van der Waals surface area contributed by atoms with Crippen LogP contribution in [-0.4, -0.2) is 41.0 Å². The molecule has 6 nitrogen and oxygen atoms in total. The van der Waals surface area contributed by atoms with Crippen molar-refractivity contribution in [2.45, 2.75) is 6.42 Å². The highest BCUT2D eigenvalue weighted by atomic mass is 16.1. The predicted molar refractivity (Wildman–Crippen MR) is 49.7 cm³/mol. The van der Waals surface area contributed by atoms with Crippen LogP contribution in [-0.2, 0) is 0 Å². The molecule has 1 atom stereocenters. The number of H-pyrrole nitrogens is 1. The second-order valence-electron chi connectivity index (χ2n) is 3.42. The van der Waals surface area contributed by atoms with Crippen LogP contribution in [0.4, 0.5) is 0 Å². The average molecular weight is 195 g/mol.